The summed E-state index contributed by atoms with van der Waals surface area (Å²) in [6.45, 7) is 2.01. The summed E-state index contributed by atoms with van der Waals surface area (Å²) in [7, 11) is 1.47. The van der Waals surface area contributed by atoms with E-state index in [9.17, 15) is 10.1 Å². The van der Waals surface area contributed by atoms with E-state index in [0.717, 1.165) is 0 Å². The highest BCUT2D eigenvalue weighted by atomic mass is 32.2. The fourth-order valence-corrected chi connectivity index (χ4v) is 2.38. The van der Waals surface area contributed by atoms with Gasteiger partial charge < -0.3 is 9.84 Å². The molecule has 1 rings (SSSR count). The quantitative estimate of drug-likeness (QED) is 0.481. The number of ether oxygens (including phenoxy) is 1. The molecule has 0 aliphatic heterocycles. The lowest BCUT2D eigenvalue weighted by atomic mass is 10.3. The van der Waals surface area contributed by atoms with Crippen molar-refractivity contribution in [3.63, 3.8) is 0 Å². The number of nitro benzene ring substituents is 1. The number of aliphatic hydroxyl groups is 1. The van der Waals surface area contributed by atoms with Gasteiger partial charge in [0, 0.05) is 11.9 Å². The number of benzene rings is 1. The van der Waals surface area contributed by atoms with Crippen molar-refractivity contribution in [1.29, 1.82) is 0 Å². The second-order valence-electron chi connectivity index (χ2n) is 3.53. The largest absolute Gasteiger partial charge is 0.497 e. The molecule has 1 atom stereocenters. The van der Waals surface area contributed by atoms with E-state index in [2.05, 4.69) is 0 Å². The summed E-state index contributed by atoms with van der Waals surface area (Å²) in [5.41, 5.74) is 0.0409. The van der Waals surface area contributed by atoms with E-state index >= 15 is 0 Å². The number of aliphatic hydroxyl groups excluding tert-OH is 1. The second kappa shape index (κ2) is 6.46. The van der Waals surface area contributed by atoms with Crippen LogP contribution >= 0.6 is 11.8 Å². The molecule has 5 nitrogen and oxygen atoms in total. The molecule has 0 fully saturated rings. The van der Waals surface area contributed by atoms with Crippen LogP contribution in [0.15, 0.2) is 23.1 Å². The maximum atomic E-state index is 10.9. The normalized spacial score (nSPS) is 12.2. The van der Waals surface area contributed by atoms with Gasteiger partial charge in [0.2, 0.25) is 0 Å². The molecule has 0 bridgehead atoms. The molecular weight excluding hydrogens is 242 g/mol. The molecule has 1 unspecified atom stereocenters. The first kappa shape index (κ1) is 13.8. The third-order valence-electron chi connectivity index (χ3n) is 2.23. The third kappa shape index (κ3) is 3.90. The lowest BCUT2D eigenvalue weighted by molar-refractivity contribution is -0.387. The minimum Gasteiger partial charge on any atom is -0.497 e. The average molecular weight is 257 g/mol. The van der Waals surface area contributed by atoms with Crippen molar-refractivity contribution in [1.82, 2.24) is 0 Å². The van der Waals surface area contributed by atoms with E-state index in [0.29, 0.717) is 17.1 Å². The van der Waals surface area contributed by atoms with Gasteiger partial charge in [0.1, 0.15) is 5.75 Å². The average Bonchev–Trinajstić information content (AvgIpc) is 2.29. The van der Waals surface area contributed by atoms with Crippen LogP contribution in [-0.4, -0.2) is 29.0 Å². The molecule has 1 aromatic rings. The summed E-state index contributed by atoms with van der Waals surface area (Å²) in [5, 5.41) is 19.9. The first-order chi connectivity index (χ1) is 8.08. The smallest absolute Gasteiger partial charge is 0.286 e. The topological polar surface area (TPSA) is 72.6 Å². The van der Waals surface area contributed by atoms with Crippen molar-refractivity contribution >= 4 is 17.4 Å². The summed E-state index contributed by atoms with van der Waals surface area (Å²) in [5.74, 6) is 0.468. The molecule has 0 aliphatic rings. The maximum Gasteiger partial charge on any atom is 0.286 e. The minimum atomic E-state index is -0.420. The van der Waals surface area contributed by atoms with E-state index in [1.54, 1.807) is 12.1 Å². The van der Waals surface area contributed by atoms with Gasteiger partial charge in [0.25, 0.3) is 5.69 Å². The van der Waals surface area contributed by atoms with Crippen LogP contribution in [0.5, 0.6) is 5.75 Å². The molecule has 0 aromatic heterocycles. The first-order valence-corrected chi connectivity index (χ1v) is 6.06. The van der Waals surface area contributed by atoms with Crippen LogP contribution < -0.4 is 4.74 Å². The van der Waals surface area contributed by atoms with Crippen LogP contribution in [0.2, 0.25) is 0 Å². The Morgan fingerprint density at radius 3 is 2.82 bits per heavy atom. The highest BCUT2D eigenvalue weighted by molar-refractivity contribution is 8.00. The Hall–Kier alpha value is -1.27. The Kier molecular flexibility index (Phi) is 5.24. The molecule has 6 heteroatoms. The monoisotopic (exact) mass is 257 g/mol. The molecule has 0 saturated heterocycles. The highest BCUT2D eigenvalue weighted by Crippen LogP contribution is 2.35. The maximum absolute atomic E-state index is 10.9. The molecule has 0 heterocycles. The number of hydrogen-bond donors (Lipinski definition) is 1. The van der Waals surface area contributed by atoms with Gasteiger partial charge in [-0.25, -0.2) is 0 Å². The van der Waals surface area contributed by atoms with Crippen molar-refractivity contribution in [3.05, 3.63) is 28.3 Å². The van der Waals surface area contributed by atoms with Crippen LogP contribution in [0.4, 0.5) is 5.69 Å². The number of rotatable bonds is 6. The predicted octanol–water partition coefficient (Wildman–Crippen LogP) is 2.47. The van der Waals surface area contributed by atoms with E-state index in [1.807, 2.05) is 6.92 Å². The zero-order valence-electron chi connectivity index (χ0n) is 9.75. The summed E-state index contributed by atoms with van der Waals surface area (Å²) in [6, 6.07) is 4.78. The van der Waals surface area contributed by atoms with Gasteiger partial charge in [-0.15, -0.1) is 11.8 Å². The van der Waals surface area contributed by atoms with Crippen molar-refractivity contribution in [3.8, 4) is 5.75 Å². The van der Waals surface area contributed by atoms with Gasteiger partial charge in [-0.1, -0.05) is 6.92 Å². The van der Waals surface area contributed by atoms with Gasteiger partial charge in [-0.2, -0.15) is 0 Å². The molecule has 0 radical (unpaired) electrons. The minimum absolute atomic E-state index is 0.0409. The molecule has 1 N–H and O–H groups in total. The van der Waals surface area contributed by atoms with Crippen molar-refractivity contribution in [2.75, 3.05) is 13.7 Å². The standard InChI is InChI=1S/C11H15NO4S/c1-8(5-6-13)17-11-4-3-9(16-2)7-10(11)12(14)15/h3-4,7-8,13H,5-6H2,1-2H3. The van der Waals surface area contributed by atoms with Crippen LogP contribution in [0.25, 0.3) is 0 Å². The van der Waals surface area contributed by atoms with Gasteiger partial charge >= 0.3 is 0 Å². The molecule has 0 spiro atoms. The highest BCUT2D eigenvalue weighted by Gasteiger charge is 2.17. The molecule has 0 amide bonds. The number of methoxy groups -OCH3 is 1. The van der Waals surface area contributed by atoms with Crippen molar-refractivity contribution in [2.45, 2.75) is 23.5 Å². The van der Waals surface area contributed by atoms with Crippen LogP contribution in [0.3, 0.4) is 0 Å². The number of nitrogens with zero attached hydrogens (tertiary/aromatic N) is 1. The molecular formula is C11H15NO4S. The Morgan fingerprint density at radius 2 is 2.29 bits per heavy atom. The Labute approximate surface area is 104 Å². The Balaban J connectivity index is 2.94. The van der Waals surface area contributed by atoms with Crippen LogP contribution in [-0.2, 0) is 0 Å². The van der Waals surface area contributed by atoms with Gasteiger partial charge in [-0.3, -0.25) is 10.1 Å². The number of hydrogen-bond acceptors (Lipinski definition) is 5. The molecule has 0 saturated carbocycles. The lowest BCUT2D eigenvalue weighted by Crippen LogP contribution is -2.01. The van der Waals surface area contributed by atoms with Crippen LogP contribution in [0.1, 0.15) is 13.3 Å². The fraction of sp³-hybridized carbons (Fsp3) is 0.455. The van der Waals surface area contributed by atoms with Gasteiger partial charge in [0.15, 0.2) is 0 Å². The van der Waals surface area contributed by atoms with Gasteiger partial charge in [0.05, 0.1) is 23.0 Å². The van der Waals surface area contributed by atoms with E-state index < -0.39 is 4.92 Å². The van der Waals surface area contributed by atoms with Gasteiger partial charge in [-0.05, 0) is 18.6 Å². The first-order valence-electron chi connectivity index (χ1n) is 5.18. The molecule has 17 heavy (non-hydrogen) atoms. The van der Waals surface area contributed by atoms with E-state index in [4.69, 9.17) is 9.84 Å². The number of nitro groups is 1. The summed E-state index contributed by atoms with van der Waals surface area (Å²) < 4.78 is 4.96. The summed E-state index contributed by atoms with van der Waals surface area (Å²) in [4.78, 5) is 11.1. The second-order valence-corrected chi connectivity index (χ2v) is 5.01. The van der Waals surface area contributed by atoms with Crippen LogP contribution in [0, 0.1) is 10.1 Å². The molecule has 1 aromatic carbocycles. The van der Waals surface area contributed by atoms with Crippen molar-refractivity contribution in [2.24, 2.45) is 0 Å². The third-order valence-corrected chi connectivity index (χ3v) is 3.46. The Bertz CT molecular complexity index is 397. The Morgan fingerprint density at radius 1 is 1.59 bits per heavy atom. The molecule has 0 aliphatic carbocycles. The lowest BCUT2D eigenvalue weighted by Gasteiger charge is -2.10. The molecule has 94 valence electrons. The summed E-state index contributed by atoms with van der Waals surface area (Å²) >= 11 is 1.39. The summed E-state index contributed by atoms with van der Waals surface area (Å²) in [6.07, 6.45) is 0.605. The fourth-order valence-electron chi connectivity index (χ4n) is 1.32. The van der Waals surface area contributed by atoms with E-state index in [1.165, 1.54) is 24.9 Å². The SMILES string of the molecule is COc1ccc(SC(C)CCO)c([N+](=O)[O-])c1. The van der Waals surface area contributed by atoms with E-state index in [-0.39, 0.29) is 17.5 Å². The van der Waals surface area contributed by atoms with Crippen molar-refractivity contribution < 1.29 is 14.8 Å². The number of thioether (sulfide) groups is 1. The predicted molar refractivity (Wildman–Crippen MR) is 66.7 cm³/mol. The zero-order chi connectivity index (χ0) is 12.8. The zero-order valence-corrected chi connectivity index (χ0v) is 10.6.